The molecule has 0 aliphatic heterocycles. The van der Waals surface area contributed by atoms with Gasteiger partial charge in [-0.15, -0.1) is 0 Å². The van der Waals surface area contributed by atoms with Crippen molar-refractivity contribution < 1.29 is 42.1 Å². The van der Waals surface area contributed by atoms with E-state index in [1.807, 2.05) is 21.1 Å². The van der Waals surface area contributed by atoms with E-state index in [1.54, 1.807) is 0 Å². The van der Waals surface area contributed by atoms with Crippen LogP contribution in [0.1, 0.15) is 463 Å². The van der Waals surface area contributed by atoms with Gasteiger partial charge in [-0.25, -0.2) is 0 Å². The van der Waals surface area contributed by atoms with E-state index < -0.39 is 26.5 Å². The molecule has 0 saturated carbocycles. The van der Waals surface area contributed by atoms with E-state index in [0.29, 0.717) is 17.4 Å². The zero-order chi connectivity index (χ0) is 66.9. The third-order valence-corrected chi connectivity index (χ3v) is 20.6. The van der Waals surface area contributed by atoms with Gasteiger partial charge in [0, 0.05) is 12.8 Å². The Kier molecular flexibility index (Phi) is 73.4. The third kappa shape index (κ3) is 78.0. The summed E-state index contributed by atoms with van der Waals surface area (Å²) < 4.78 is 34.5. The molecule has 0 aliphatic rings. The number of nitrogens with zero attached hydrogens (tertiary/aromatic N) is 1. The van der Waals surface area contributed by atoms with Crippen molar-refractivity contribution in [1.29, 1.82) is 0 Å². The second-order valence-corrected chi connectivity index (χ2v) is 31.6. The van der Waals surface area contributed by atoms with Crippen LogP contribution in [0, 0.1) is 0 Å². The quantitative estimate of drug-likeness (QED) is 0.0256. The van der Waals surface area contributed by atoms with Crippen LogP contribution in [-0.2, 0) is 32.7 Å². The zero-order valence-electron chi connectivity index (χ0n) is 63.1. The Morgan fingerprint density at radius 3 is 0.696 bits per heavy atom. The van der Waals surface area contributed by atoms with Gasteiger partial charge in [0.1, 0.15) is 19.8 Å². The van der Waals surface area contributed by atoms with Gasteiger partial charge in [-0.05, 0) is 12.8 Å². The molecule has 0 rings (SSSR count). The van der Waals surface area contributed by atoms with Gasteiger partial charge in [0.2, 0.25) is 0 Å². The van der Waals surface area contributed by atoms with Crippen LogP contribution in [-0.4, -0.2) is 70.0 Å². The summed E-state index contributed by atoms with van der Waals surface area (Å²) in [5.41, 5.74) is 0. The van der Waals surface area contributed by atoms with Crippen molar-refractivity contribution in [1.82, 2.24) is 0 Å². The molecule has 0 bridgehead atoms. The monoisotopic (exact) mass is 1320 g/mol. The van der Waals surface area contributed by atoms with Crippen LogP contribution < -0.4 is 4.89 Å². The number of hydrogen-bond donors (Lipinski definition) is 0. The van der Waals surface area contributed by atoms with Crippen molar-refractivity contribution in [3.8, 4) is 0 Å². The fraction of sp³-hybridized carbons (Fsp3) is 0.976. The minimum Gasteiger partial charge on any atom is -0.756 e. The summed E-state index contributed by atoms with van der Waals surface area (Å²) in [6.45, 7) is 4.35. The van der Waals surface area contributed by atoms with Gasteiger partial charge in [-0.2, -0.15) is 0 Å². The Bertz CT molecular complexity index is 1510. The molecule has 0 spiro atoms. The first-order valence-corrected chi connectivity index (χ1v) is 43.2. The molecule has 9 nitrogen and oxygen atoms in total. The number of carbonyl (C=O) groups excluding carboxylic acids is 2. The molecule has 0 fully saturated rings. The normalized spacial score (nSPS) is 12.9. The average molecular weight is 1320 g/mol. The lowest BCUT2D eigenvalue weighted by Gasteiger charge is -2.28. The Morgan fingerprint density at radius 2 is 0.489 bits per heavy atom. The second-order valence-electron chi connectivity index (χ2n) is 30.2. The van der Waals surface area contributed by atoms with Crippen LogP contribution in [0.5, 0.6) is 0 Å². The van der Waals surface area contributed by atoms with Gasteiger partial charge in [-0.1, -0.05) is 438 Å². The summed E-state index contributed by atoms with van der Waals surface area (Å²) in [7, 11) is 1.20. The van der Waals surface area contributed by atoms with Crippen LogP contribution >= 0.6 is 7.82 Å². The minimum absolute atomic E-state index is 0.0246. The molecule has 0 radical (unpaired) electrons. The molecule has 92 heavy (non-hydrogen) atoms. The number of rotatable bonds is 80. The maximum absolute atomic E-state index is 12.9. The highest BCUT2D eigenvalue weighted by Gasteiger charge is 2.22. The number of unbranched alkanes of at least 4 members (excludes halogenated alkanes) is 66. The lowest BCUT2D eigenvalue weighted by atomic mass is 10.0. The van der Waals surface area contributed by atoms with E-state index in [0.717, 1.165) is 32.1 Å². The van der Waals surface area contributed by atoms with E-state index in [4.69, 9.17) is 18.5 Å². The van der Waals surface area contributed by atoms with Crippen molar-refractivity contribution in [2.75, 3.05) is 47.5 Å². The average Bonchev–Trinajstić information content (AvgIpc) is 3.66. The minimum atomic E-state index is -4.64. The fourth-order valence-corrected chi connectivity index (χ4v) is 14.0. The molecule has 2 atom stereocenters. The zero-order valence-corrected chi connectivity index (χ0v) is 64.0. The number of phosphoric ester groups is 1. The molecule has 0 heterocycles. The number of hydrogen-bond acceptors (Lipinski definition) is 8. The van der Waals surface area contributed by atoms with E-state index in [1.165, 1.54) is 398 Å². The van der Waals surface area contributed by atoms with Gasteiger partial charge in [0.25, 0.3) is 7.82 Å². The van der Waals surface area contributed by atoms with Gasteiger partial charge in [-0.3, -0.25) is 14.2 Å². The molecule has 0 amide bonds. The number of phosphoric acid groups is 1. The van der Waals surface area contributed by atoms with Gasteiger partial charge in [0.15, 0.2) is 6.10 Å². The summed E-state index contributed by atoms with van der Waals surface area (Å²) in [5, 5.41) is 0. The molecule has 0 saturated heterocycles. The Hall–Kier alpha value is -0.990. The highest BCUT2D eigenvalue weighted by atomic mass is 31.2. The molecule has 0 aromatic rings. The maximum Gasteiger partial charge on any atom is 0.306 e. The van der Waals surface area contributed by atoms with Crippen molar-refractivity contribution >= 4 is 19.8 Å². The first-order chi connectivity index (χ1) is 45.0. The number of carbonyl (C=O) groups is 2. The topological polar surface area (TPSA) is 111 Å². The summed E-state index contributed by atoms with van der Waals surface area (Å²) in [6, 6.07) is 0. The third-order valence-electron chi connectivity index (χ3n) is 19.6. The predicted molar refractivity (Wildman–Crippen MR) is 398 cm³/mol. The molecule has 1 unspecified atom stereocenters. The number of likely N-dealkylation sites (N-methyl/N-ethyl adjacent to an activating group) is 1. The van der Waals surface area contributed by atoms with Gasteiger partial charge in [0.05, 0.1) is 27.7 Å². The molecular formula is C82H164NO8P. The van der Waals surface area contributed by atoms with Crippen molar-refractivity contribution in [2.45, 2.75) is 469 Å². The van der Waals surface area contributed by atoms with E-state index >= 15 is 0 Å². The van der Waals surface area contributed by atoms with E-state index in [2.05, 4.69) is 13.8 Å². The maximum atomic E-state index is 12.9. The van der Waals surface area contributed by atoms with E-state index in [9.17, 15) is 19.0 Å². The first-order valence-electron chi connectivity index (χ1n) is 41.7. The number of esters is 2. The van der Waals surface area contributed by atoms with Crippen LogP contribution in [0.4, 0.5) is 0 Å². The summed E-state index contributed by atoms with van der Waals surface area (Å²) in [4.78, 5) is 38.2. The van der Waals surface area contributed by atoms with Crippen LogP contribution in [0.3, 0.4) is 0 Å². The summed E-state index contributed by atoms with van der Waals surface area (Å²) in [5.74, 6) is -0.799. The van der Waals surface area contributed by atoms with Crippen molar-refractivity contribution in [3.63, 3.8) is 0 Å². The standard InChI is InChI=1S/C82H164NO8P/c1-6-8-10-12-14-16-18-20-22-24-26-28-30-32-34-36-38-40-42-44-46-48-50-52-54-56-58-60-62-64-66-68-70-72-74-81(84)88-78-80(79-90-92(86,87)89-77-76-83(3,4)5)91-82(85)75-73-71-69-67-65-63-61-59-57-55-53-51-49-47-45-43-41-39-37-35-33-31-29-27-25-23-21-19-17-15-13-11-9-7-2/h80H,6-79H2,1-5H3/t80-/m1/s1. The van der Waals surface area contributed by atoms with Crippen molar-refractivity contribution in [2.24, 2.45) is 0 Å². The largest absolute Gasteiger partial charge is 0.756 e. The highest BCUT2D eigenvalue weighted by molar-refractivity contribution is 7.45. The molecule has 0 aromatic carbocycles. The van der Waals surface area contributed by atoms with Crippen LogP contribution in [0.25, 0.3) is 0 Å². The molecule has 0 aromatic heterocycles. The lowest BCUT2D eigenvalue weighted by molar-refractivity contribution is -0.870. The smallest absolute Gasteiger partial charge is 0.306 e. The van der Waals surface area contributed by atoms with Crippen molar-refractivity contribution in [3.05, 3.63) is 0 Å². The van der Waals surface area contributed by atoms with Gasteiger partial charge < -0.3 is 27.9 Å². The van der Waals surface area contributed by atoms with Crippen LogP contribution in [0.2, 0.25) is 0 Å². The molecule has 550 valence electrons. The molecule has 0 aliphatic carbocycles. The second kappa shape index (κ2) is 74.2. The molecular weight excluding hydrogens is 1160 g/mol. The molecule has 10 heteroatoms. The van der Waals surface area contributed by atoms with E-state index in [-0.39, 0.29) is 32.0 Å². The molecule has 0 N–H and O–H groups in total. The van der Waals surface area contributed by atoms with Gasteiger partial charge >= 0.3 is 11.9 Å². The fourth-order valence-electron chi connectivity index (χ4n) is 13.3. The first kappa shape index (κ1) is 91.0. The summed E-state index contributed by atoms with van der Waals surface area (Å²) >= 11 is 0. The Labute approximate surface area is 575 Å². The predicted octanol–water partition coefficient (Wildman–Crippen LogP) is 27.0. The Morgan fingerprint density at radius 1 is 0.293 bits per heavy atom. The highest BCUT2D eigenvalue weighted by Crippen LogP contribution is 2.38. The SMILES string of the molecule is CCCCCCCCCCCCCCCCCCCCCCCCCCCCCCCCCCCCC(=O)OC[C@H](COP(=O)([O-])OCC[N+](C)(C)C)OC(=O)CCCCCCCCCCCCCCCCCCCCCCCCCCCCCCCCCCCC. The lowest BCUT2D eigenvalue weighted by Crippen LogP contribution is -2.37. The summed E-state index contributed by atoms with van der Waals surface area (Å²) in [6.07, 6.45) is 92.6. The number of ether oxygens (including phenoxy) is 2. The van der Waals surface area contributed by atoms with Crippen LogP contribution in [0.15, 0.2) is 0 Å². The number of quaternary nitrogens is 1. The Balaban J connectivity index is 3.86.